The summed E-state index contributed by atoms with van der Waals surface area (Å²) >= 11 is 0. The maximum absolute atomic E-state index is 12.7. The molecule has 27 heavy (non-hydrogen) atoms. The van der Waals surface area contributed by atoms with Crippen LogP contribution in [0.1, 0.15) is 5.56 Å². The molecule has 1 amide bonds. The van der Waals surface area contributed by atoms with E-state index >= 15 is 0 Å². The number of rotatable bonds is 4. The molecule has 2 N–H and O–H groups in total. The Morgan fingerprint density at radius 2 is 1.89 bits per heavy atom. The second kappa shape index (κ2) is 9.07. The van der Waals surface area contributed by atoms with Crippen LogP contribution in [0.5, 0.6) is 11.5 Å². The number of benzene rings is 2. The topological polar surface area (TPSA) is 59.6 Å². The molecule has 146 valence electrons. The van der Waals surface area contributed by atoms with Crippen molar-refractivity contribution in [2.75, 3.05) is 25.1 Å². The van der Waals surface area contributed by atoms with E-state index < -0.39 is 17.8 Å². The Hall–Kier alpha value is -2.29. The number of carbonyl (C=O) groups is 1. The highest BCUT2D eigenvalue weighted by Gasteiger charge is 2.30. The van der Waals surface area contributed by atoms with E-state index in [1.54, 1.807) is 24.3 Å². The first-order valence-corrected chi connectivity index (χ1v) is 7.99. The lowest BCUT2D eigenvalue weighted by molar-refractivity contribution is -0.137. The average Bonchev–Trinajstić information content (AvgIpc) is 2.63. The van der Waals surface area contributed by atoms with Crippen molar-refractivity contribution in [2.45, 2.75) is 12.2 Å². The summed E-state index contributed by atoms with van der Waals surface area (Å²) in [6.07, 6.45) is -4.43. The highest BCUT2D eigenvalue weighted by Crippen LogP contribution is 2.32. The standard InChI is InChI=1S/C18H17F3N2O3.ClH/c19-18(20,21)12-2-1-3-15(10-12)26-14-6-4-13(5-7-14)23-17(24)16-11-25-9-8-22-16;/h1-7,10,16,22H,8-9,11H2,(H,23,24);1H. The van der Waals surface area contributed by atoms with Gasteiger partial charge in [0.1, 0.15) is 17.5 Å². The van der Waals surface area contributed by atoms with Crippen LogP contribution in [0.3, 0.4) is 0 Å². The third-order valence-corrected chi connectivity index (χ3v) is 3.76. The lowest BCUT2D eigenvalue weighted by Crippen LogP contribution is -2.48. The number of carbonyl (C=O) groups excluding carboxylic acids is 1. The summed E-state index contributed by atoms with van der Waals surface area (Å²) in [6, 6.07) is 10.6. The van der Waals surface area contributed by atoms with Crippen LogP contribution in [0, 0.1) is 0 Å². The first-order chi connectivity index (χ1) is 12.4. The molecule has 0 spiro atoms. The molecule has 2 aromatic rings. The predicted molar refractivity (Wildman–Crippen MR) is 96.4 cm³/mol. The van der Waals surface area contributed by atoms with E-state index in [1.165, 1.54) is 12.1 Å². The molecule has 0 aliphatic carbocycles. The zero-order valence-electron chi connectivity index (χ0n) is 14.1. The van der Waals surface area contributed by atoms with Crippen LogP contribution in [0.25, 0.3) is 0 Å². The van der Waals surface area contributed by atoms with Gasteiger partial charge in [0, 0.05) is 12.2 Å². The number of nitrogens with one attached hydrogen (secondary N) is 2. The normalized spacial score (nSPS) is 16.9. The van der Waals surface area contributed by atoms with Gasteiger partial charge >= 0.3 is 6.18 Å². The van der Waals surface area contributed by atoms with E-state index in [9.17, 15) is 18.0 Å². The van der Waals surface area contributed by atoms with Gasteiger partial charge in [-0.05, 0) is 42.5 Å². The molecule has 5 nitrogen and oxygen atoms in total. The van der Waals surface area contributed by atoms with Crippen molar-refractivity contribution in [3.8, 4) is 11.5 Å². The summed E-state index contributed by atoms with van der Waals surface area (Å²) < 4.78 is 48.9. The molecule has 9 heteroatoms. The summed E-state index contributed by atoms with van der Waals surface area (Å²) in [5.41, 5.74) is -0.222. The SMILES string of the molecule is Cl.O=C(Nc1ccc(Oc2cccc(C(F)(F)F)c2)cc1)C1COCCN1. The van der Waals surface area contributed by atoms with E-state index in [2.05, 4.69) is 10.6 Å². The maximum atomic E-state index is 12.7. The van der Waals surface area contributed by atoms with Crippen molar-refractivity contribution in [3.63, 3.8) is 0 Å². The van der Waals surface area contributed by atoms with Gasteiger partial charge in [-0.1, -0.05) is 6.07 Å². The third-order valence-electron chi connectivity index (χ3n) is 3.76. The molecule has 1 saturated heterocycles. The van der Waals surface area contributed by atoms with Gasteiger partial charge in [-0.15, -0.1) is 12.4 Å². The molecule has 1 atom stereocenters. The Kier molecular flexibility index (Phi) is 7.06. The Morgan fingerprint density at radius 3 is 2.52 bits per heavy atom. The molecule has 0 bridgehead atoms. The van der Waals surface area contributed by atoms with E-state index in [0.29, 0.717) is 31.2 Å². The van der Waals surface area contributed by atoms with Gasteiger partial charge < -0.3 is 20.1 Å². The first kappa shape index (κ1) is 21.0. The number of alkyl halides is 3. The molecule has 0 aromatic heterocycles. The van der Waals surface area contributed by atoms with E-state index in [1.807, 2.05) is 0 Å². The Morgan fingerprint density at radius 1 is 1.15 bits per heavy atom. The zero-order valence-corrected chi connectivity index (χ0v) is 14.9. The largest absolute Gasteiger partial charge is 0.457 e. The molecule has 0 radical (unpaired) electrons. The highest BCUT2D eigenvalue weighted by atomic mass is 35.5. The molecule has 1 aliphatic heterocycles. The maximum Gasteiger partial charge on any atom is 0.416 e. The molecular formula is C18H18ClF3N2O3. The van der Waals surface area contributed by atoms with E-state index in [4.69, 9.17) is 9.47 Å². The van der Waals surface area contributed by atoms with Gasteiger partial charge in [0.15, 0.2) is 0 Å². The highest BCUT2D eigenvalue weighted by molar-refractivity contribution is 5.95. The molecule has 1 aliphatic rings. The van der Waals surface area contributed by atoms with Crippen molar-refractivity contribution in [1.29, 1.82) is 0 Å². The predicted octanol–water partition coefficient (Wildman–Crippen LogP) is 3.85. The van der Waals surface area contributed by atoms with Gasteiger partial charge in [-0.3, -0.25) is 4.79 Å². The average molecular weight is 403 g/mol. The first-order valence-electron chi connectivity index (χ1n) is 7.99. The summed E-state index contributed by atoms with van der Waals surface area (Å²) in [7, 11) is 0. The van der Waals surface area contributed by atoms with Gasteiger partial charge in [0.25, 0.3) is 0 Å². The minimum absolute atomic E-state index is 0. The number of ether oxygens (including phenoxy) is 2. The number of hydrogen-bond donors (Lipinski definition) is 2. The van der Waals surface area contributed by atoms with Crippen molar-refractivity contribution in [1.82, 2.24) is 5.32 Å². The number of halogens is 4. The van der Waals surface area contributed by atoms with Crippen LogP contribution in [0.15, 0.2) is 48.5 Å². The molecule has 3 rings (SSSR count). The number of morpholine rings is 1. The Balaban J connectivity index is 0.00000261. The van der Waals surface area contributed by atoms with Gasteiger partial charge in [-0.25, -0.2) is 0 Å². The number of amides is 1. The zero-order chi connectivity index (χ0) is 18.6. The minimum Gasteiger partial charge on any atom is -0.457 e. The quantitative estimate of drug-likeness (QED) is 0.815. The molecule has 0 saturated carbocycles. The van der Waals surface area contributed by atoms with Crippen LogP contribution in [-0.2, 0) is 15.7 Å². The van der Waals surface area contributed by atoms with Crippen molar-refractivity contribution in [2.24, 2.45) is 0 Å². The van der Waals surface area contributed by atoms with E-state index in [0.717, 1.165) is 12.1 Å². The number of hydrogen-bond acceptors (Lipinski definition) is 4. The van der Waals surface area contributed by atoms with Crippen LogP contribution in [0.4, 0.5) is 18.9 Å². The molecule has 1 fully saturated rings. The summed E-state index contributed by atoms with van der Waals surface area (Å²) in [6.45, 7) is 1.50. The van der Waals surface area contributed by atoms with Gasteiger partial charge in [0.05, 0.1) is 18.8 Å². The molecule has 1 heterocycles. The second-order valence-electron chi connectivity index (χ2n) is 5.72. The summed E-state index contributed by atoms with van der Waals surface area (Å²) in [5, 5.41) is 5.79. The van der Waals surface area contributed by atoms with Crippen LogP contribution < -0.4 is 15.4 Å². The van der Waals surface area contributed by atoms with Crippen LogP contribution >= 0.6 is 12.4 Å². The number of anilines is 1. The fraction of sp³-hybridized carbons (Fsp3) is 0.278. The van der Waals surface area contributed by atoms with Crippen LogP contribution in [0.2, 0.25) is 0 Å². The molecular weight excluding hydrogens is 385 g/mol. The Labute approximate surface area is 160 Å². The van der Waals surface area contributed by atoms with Gasteiger partial charge in [-0.2, -0.15) is 13.2 Å². The summed E-state index contributed by atoms with van der Waals surface area (Å²) in [4.78, 5) is 12.1. The summed E-state index contributed by atoms with van der Waals surface area (Å²) in [5.74, 6) is 0.234. The third kappa shape index (κ3) is 5.85. The second-order valence-corrected chi connectivity index (χ2v) is 5.72. The Bertz CT molecular complexity index is 763. The van der Waals surface area contributed by atoms with Crippen LogP contribution in [-0.4, -0.2) is 31.7 Å². The van der Waals surface area contributed by atoms with Gasteiger partial charge in [0.2, 0.25) is 5.91 Å². The molecule has 2 aromatic carbocycles. The fourth-order valence-electron chi connectivity index (χ4n) is 2.44. The monoisotopic (exact) mass is 402 g/mol. The smallest absolute Gasteiger partial charge is 0.416 e. The van der Waals surface area contributed by atoms with Crippen molar-refractivity contribution in [3.05, 3.63) is 54.1 Å². The lowest BCUT2D eigenvalue weighted by Gasteiger charge is -2.22. The lowest BCUT2D eigenvalue weighted by atomic mass is 10.2. The van der Waals surface area contributed by atoms with E-state index in [-0.39, 0.29) is 24.1 Å². The van der Waals surface area contributed by atoms with Crippen molar-refractivity contribution < 1.29 is 27.4 Å². The van der Waals surface area contributed by atoms with Crippen molar-refractivity contribution >= 4 is 24.0 Å². The fourth-order valence-corrected chi connectivity index (χ4v) is 2.44. The minimum atomic E-state index is -4.43. The molecule has 1 unspecified atom stereocenters.